The van der Waals surface area contributed by atoms with Crippen LogP contribution in [0.5, 0.6) is 0 Å². The molecule has 3 rings (SSSR count). The minimum atomic E-state index is -0.622. The summed E-state index contributed by atoms with van der Waals surface area (Å²) in [4.78, 5) is 14.4. The summed E-state index contributed by atoms with van der Waals surface area (Å²) in [7, 11) is 0. The third-order valence-corrected chi connectivity index (χ3v) is 5.19. The molecule has 0 aromatic heterocycles. The monoisotopic (exact) mass is 356 g/mol. The van der Waals surface area contributed by atoms with Gasteiger partial charge in [-0.1, -0.05) is 17.7 Å². The lowest BCUT2D eigenvalue weighted by atomic mass is 10.1. The summed E-state index contributed by atoms with van der Waals surface area (Å²) in [6.07, 6.45) is 0.784. The fourth-order valence-electron chi connectivity index (χ4n) is 3.54. The largest absolute Gasteiger partial charge is 0.389 e. The zero-order chi connectivity index (χ0) is 17.1. The van der Waals surface area contributed by atoms with Crippen molar-refractivity contribution in [3.63, 3.8) is 0 Å². The van der Waals surface area contributed by atoms with Crippen molar-refractivity contribution in [2.45, 2.75) is 37.5 Å². The van der Waals surface area contributed by atoms with Gasteiger partial charge in [-0.3, -0.25) is 9.69 Å². The second-order valence-electron chi connectivity index (χ2n) is 6.33. The molecule has 1 heterocycles. The Morgan fingerprint density at radius 3 is 2.83 bits per heavy atom. The van der Waals surface area contributed by atoms with Gasteiger partial charge in [0.15, 0.2) is 0 Å². The van der Waals surface area contributed by atoms with Crippen molar-refractivity contribution in [3.8, 4) is 0 Å². The molecule has 0 radical (unpaired) electrons. The van der Waals surface area contributed by atoms with Gasteiger partial charge < -0.3 is 15.2 Å². The molecule has 1 saturated heterocycles. The van der Waals surface area contributed by atoms with Gasteiger partial charge in [0, 0.05) is 29.7 Å². The standard InChI is InChI=1S/C17H22ClFN2O3/c18-12-2-1-3-13(19)11(12)10-16(22)20-14-4-5-15(17(14)23)21-6-8-24-9-7-21/h1-3,14-15,17,23H,4-10H2,(H,20,22)/t14-,15-,17-/m1/s1. The smallest absolute Gasteiger partial charge is 0.224 e. The van der Waals surface area contributed by atoms with E-state index in [1.807, 2.05) is 0 Å². The van der Waals surface area contributed by atoms with Crippen molar-refractivity contribution in [1.82, 2.24) is 10.2 Å². The molecule has 2 aliphatic rings. The van der Waals surface area contributed by atoms with Crippen LogP contribution in [0.25, 0.3) is 0 Å². The predicted octanol–water partition coefficient (Wildman–Crippen LogP) is 1.36. The SMILES string of the molecule is O=C(Cc1c(F)cccc1Cl)N[C@@H]1CC[C@@H](N2CCOCC2)[C@@H]1O. The van der Waals surface area contributed by atoms with E-state index in [4.69, 9.17) is 16.3 Å². The van der Waals surface area contributed by atoms with E-state index in [9.17, 15) is 14.3 Å². The first kappa shape index (κ1) is 17.6. The Bertz CT molecular complexity index is 575. The maximum Gasteiger partial charge on any atom is 0.224 e. The third-order valence-electron chi connectivity index (χ3n) is 4.84. The summed E-state index contributed by atoms with van der Waals surface area (Å²) in [5, 5.41) is 13.6. The van der Waals surface area contributed by atoms with Crippen LogP contribution in [-0.4, -0.2) is 60.4 Å². The first-order chi connectivity index (χ1) is 11.6. The van der Waals surface area contributed by atoms with E-state index in [0.29, 0.717) is 19.6 Å². The van der Waals surface area contributed by atoms with E-state index in [2.05, 4.69) is 10.2 Å². The number of hydrogen-bond donors (Lipinski definition) is 2. The number of benzene rings is 1. The van der Waals surface area contributed by atoms with E-state index in [-0.39, 0.29) is 35.0 Å². The Kier molecular flexibility index (Phi) is 5.71. The molecular formula is C17H22ClFN2O3. The molecule has 7 heteroatoms. The average molecular weight is 357 g/mol. The molecule has 0 spiro atoms. The lowest BCUT2D eigenvalue weighted by molar-refractivity contribution is -0.122. The van der Waals surface area contributed by atoms with Crippen LogP contribution >= 0.6 is 11.6 Å². The fraction of sp³-hybridized carbons (Fsp3) is 0.588. The van der Waals surface area contributed by atoms with Crippen molar-refractivity contribution in [2.24, 2.45) is 0 Å². The Hall–Kier alpha value is -1.21. The molecule has 1 aliphatic heterocycles. The maximum atomic E-state index is 13.8. The van der Waals surface area contributed by atoms with Crippen LogP contribution in [0, 0.1) is 5.82 Å². The first-order valence-corrected chi connectivity index (χ1v) is 8.66. The first-order valence-electron chi connectivity index (χ1n) is 8.28. The van der Waals surface area contributed by atoms with Crippen molar-refractivity contribution < 1.29 is 19.0 Å². The number of carbonyl (C=O) groups excluding carboxylic acids is 1. The lowest BCUT2D eigenvalue weighted by Crippen LogP contribution is -2.51. The predicted molar refractivity (Wildman–Crippen MR) is 88.5 cm³/mol. The number of ether oxygens (including phenoxy) is 1. The minimum absolute atomic E-state index is 0.0382. The number of nitrogens with zero attached hydrogens (tertiary/aromatic N) is 1. The number of aliphatic hydroxyl groups is 1. The van der Waals surface area contributed by atoms with Crippen LogP contribution in [-0.2, 0) is 16.0 Å². The van der Waals surface area contributed by atoms with Gasteiger partial charge in [0.1, 0.15) is 5.82 Å². The molecule has 5 nitrogen and oxygen atoms in total. The summed E-state index contributed by atoms with van der Waals surface area (Å²) in [5.41, 5.74) is 0.189. The number of hydrogen-bond acceptors (Lipinski definition) is 4. The highest BCUT2D eigenvalue weighted by molar-refractivity contribution is 6.31. The third kappa shape index (κ3) is 3.88. The number of nitrogens with one attached hydrogen (secondary N) is 1. The molecule has 2 fully saturated rings. The van der Waals surface area contributed by atoms with Crippen molar-refractivity contribution in [3.05, 3.63) is 34.6 Å². The molecule has 2 N–H and O–H groups in total. The van der Waals surface area contributed by atoms with E-state index in [1.165, 1.54) is 12.1 Å². The zero-order valence-electron chi connectivity index (χ0n) is 13.4. The average Bonchev–Trinajstić information content (AvgIpc) is 2.93. The van der Waals surface area contributed by atoms with Gasteiger partial charge in [-0.05, 0) is 25.0 Å². The van der Waals surface area contributed by atoms with Gasteiger partial charge >= 0.3 is 0 Å². The second kappa shape index (κ2) is 7.78. The number of morpholine rings is 1. The summed E-state index contributed by atoms with van der Waals surface area (Å²) in [6.45, 7) is 2.94. The van der Waals surface area contributed by atoms with Crippen LogP contribution in [0.1, 0.15) is 18.4 Å². The number of amides is 1. The van der Waals surface area contributed by atoms with Gasteiger partial charge in [-0.25, -0.2) is 4.39 Å². The van der Waals surface area contributed by atoms with Gasteiger partial charge in [0.2, 0.25) is 5.91 Å². The minimum Gasteiger partial charge on any atom is -0.389 e. The summed E-state index contributed by atoms with van der Waals surface area (Å²) in [5.74, 6) is -0.815. The molecule has 1 amide bonds. The molecule has 1 aromatic rings. The number of carbonyl (C=O) groups is 1. The Morgan fingerprint density at radius 1 is 1.38 bits per heavy atom. The second-order valence-corrected chi connectivity index (χ2v) is 6.74. The molecule has 0 unspecified atom stereocenters. The molecule has 3 atom stereocenters. The zero-order valence-corrected chi connectivity index (χ0v) is 14.1. The van der Waals surface area contributed by atoms with Gasteiger partial charge in [0.25, 0.3) is 0 Å². The quantitative estimate of drug-likeness (QED) is 0.855. The van der Waals surface area contributed by atoms with Crippen LogP contribution in [0.2, 0.25) is 5.02 Å². The molecule has 1 aromatic carbocycles. The van der Waals surface area contributed by atoms with E-state index in [1.54, 1.807) is 6.07 Å². The number of aliphatic hydroxyl groups excluding tert-OH is 1. The van der Waals surface area contributed by atoms with Crippen molar-refractivity contribution in [2.75, 3.05) is 26.3 Å². The van der Waals surface area contributed by atoms with Gasteiger partial charge in [0.05, 0.1) is 31.8 Å². The molecule has 24 heavy (non-hydrogen) atoms. The lowest BCUT2D eigenvalue weighted by Gasteiger charge is -2.34. The molecule has 1 saturated carbocycles. The summed E-state index contributed by atoms with van der Waals surface area (Å²) >= 11 is 5.96. The van der Waals surface area contributed by atoms with E-state index in [0.717, 1.165) is 19.5 Å². The van der Waals surface area contributed by atoms with Crippen LogP contribution in [0.4, 0.5) is 4.39 Å². The molecule has 1 aliphatic carbocycles. The van der Waals surface area contributed by atoms with Crippen molar-refractivity contribution >= 4 is 17.5 Å². The van der Waals surface area contributed by atoms with Crippen LogP contribution < -0.4 is 5.32 Å². The highest BCUT2D eigenvalue weighted by Gasteiger charge is 2.39. The fourth-order valence-corrected chi connectivity index (χ4v) is 3.77. The molecule has 132 valence electrons. The van der Waals surface area contributed by atoms with Crippen LogP contribution in [0.3, 0.4) is 0 Å². The molecular weight excluding hydrogens is 335 g/mol. The Balaban J connectivity index is 1.57. The van der Waals surface area contributed by atoms with E-state index >= 15 is 0 Å². The summed E-state index contributed by atoms with van der Waals surface area (Å²) in [6, 6.07) is 4.08. The molecule has 0 bridgehead atoms. The normalized spacial score (nSPS) is 28.0. The van der Waals surface area contributed by atoms with Crippen LogP contribution in [0.15, 0.2) is 18.2 Å². The highest BCUT2D eigenvalue weighted by Crippen LogP contribution is 2.26. The topological polar surface area (TPSA) is 61.8 Å². The number of halogens is 2. The number of rotatable bonds is 4. The summed E-state index contributed by atoms with van der Waals surface area (Å²) < 4.78 is 19.1. The van der Waals surface area contributed by atoms with Crippen molar-refractivity contribution in [1.29, 1.82) is 0 Å². The highest BCUT2D eigenvalue weighted by atomic mass is 35.5. The Morgan fingerprint density at radius 2 is 2.12 bits per heavy atom. The van der Waals surface area contributed by atoms with Gasteiger partial charge in [-0.2, -0.15) is 0 Å². The maximum absolute atomic E-state index is 13.8. The van der Waals surface area contributed by atoms with Gasteiger partial charge in [-0.15, -0.1) is 0 Å². The Labute approximate surface area is 145 Å². The van der Waals surface area contributed by atoms with E-state index < -0.39 is 11.9 Å².